The molecule has 1 heterocycles. The molecule has 7 atom stereocenters. The van der Waals surface area contributed by atoms with Gasteiger partial charge in [-0.2, -0.15) is 0 Å². The van der Waals surface area contributed by atoms with Gasteiger partial charge in [0.1, 0.15) is 17.8 Å². The number of hydrogen-bond acceptors (Lipinski definition) is 6. The van der Waals surface area contributed by atoms with Gasteiger partial charge in [-0.25, -0.2) is 4.79 Å². The van der Waals surface area contributed by atoms with Gasteiger partial charge in [0.25, 0.3) is 0 Å². The minimum atomic E-state index is -1.89. The Morgan fingerprint density at radius 3 is 2.42 bits per heavy atom. The van der Waals surface area contributed by atoms with E-state index in [0.29, 0.717) is 5.57 Å². The summed E-state index contributed by atoms with van der Waals surface area (Å²) in [5.41, 5.74) is -2.56. The van der Waals surface area contributed by atoms with Gasteiger partial charge in [0, 0.05) is 22.5 Å². The van der Waals surface area contributed by atoms with Crippen LogP contribution in [0.5, 0.6) is 0 Å². The Bertz CT molecular complexity index is 764. The average Bonchev–Trinajstić information content (AvgIpc) is 2.85. The van der Waals surface area contributed by atoms with Gasteiger partial charge in [0.05, 0.1) is 6.10 Å². The van der Waals surface area contributed by atoms with Crippen molar-refractivity contribution in [2.45, 2.75) is 64.4 Å². The average molecular weight is 362 g/mol. The van der Waals surface area contributed by atoms with E-state index in [1.807, 2.05) is 26.8 Å². The van der Waals surface area contributed by atoms with Gasteiger partial charge >= 0.3 is 5.97 Å². The number of carbonyl (C=O) groups excluding carboxylic acids is 2. The van der Waals surface area contributed by atoms with E-state index in [0.717, 1.165) is 0 Å². The molecule has 0 aromatic carbocycles. The summed E-state index contributed by atoms with van der Waals surface area (Å²) in [4.78, 5) is 25.0. The number of hydrogen-bond donors (Lipinski definition) is 3. The molecule has 142 valence electrons. The van der Waals surface area contributed by atoms with Crippen molar-refractivity contribution < 1.29 is 29.6 Å². The molecule has 2 saturated carbocycles. The third-order valence-electron chi connectivity index (χ3n) is 7.61. The van der Waals surface area contributed by atoms with Crippen LogP contribution in [0, 0.1) is 22.7 Å². The second-order valence-corrected chi connectivity index (χ2v) is 9.16. The minimum Gasteiger partial charge on any atom is -0.454 e. The zero-order valence-electron chi connectivity index (χ0n) is 15.5. The van der Waals surface area contributed by atoms with Crippen molar-refractivity contribution in [2.24, 2.45) is 22.7 Å². The predicted molar refractivity (Wildman–Crippen MR) is 91.8 cm³/mol. The van der Waals surface area contributed by atoms with E-state index in [4.69, 9.17) is 4.74 Å². The monoisotopic (exact) mass is 362 g/mol. The Labute approximate surface area is 152 Å². The molecular weight excluding hydrogens is 336 g/mol. The van der Waals surface area contributed by atoms with Gasteiger partial charge in [-0.15, -0.1) is 0 Å². The fraction of sp³-hybridized carbons (Fsp3) is 0.700. The first-order chi connectivity index (χ1) is 12.0. The number of fused-ring (bicyclic) bond motifs is 4. The summed E-state index contributed by atoms with van der Waals surface area (Å²) in [5.74, 6) is -1.54. The van der Waals surface area contributed by atoms with E-state index in [1.54, 1.807) is 13.0 Å². The highest BCUT2D eigenvalue weighted by Crippen LogP contribution is 2.63. The fourth-order valence-corrected chi connectivity index (χ4v) is 6.08. The Morgan fingerprint density at radius 2 is 1.77 bits per heavy atom. The molecule has 3 aliphatic carbocycles. The molecule has 3 N–H and O–H groups in total. The number of carbonyl (C=O) groups is 2. The third kappa shape index (κ3) is 1.87. The number of ether oxygens (including phenoxy) is 1. The SMILES string of the molecule is CC1=C2C(CC3C4(C)C(=O)C=CC(C)(C)C4CC(O)C3(O)C2O)OC1=O. The number of esters is 1. The summed E-state index contributed by atoms with van der Waals surface area (Å²) >= 11 is 0. The first kappa shape index (κ1) is 17.9. The summed E-state index contributed by atoms with van der Waals surface area (Å²) in [6.45, 7) is 7.40. The number of allylic oxidation sites excluding steroid dienone is 2. The zero-order valence-corrected chi connectivity index (χ0v) is 15.5. The molecule has 0 aromatic heterocycles. The third-order valence-corrected chi connectivity index (χ3v) is 7.61. The van der Waals surface area contributed by atoms with Crippen LogP contribution in [0.15, 0.2) is 23.3 Å². The van der Waals surface area contributed by atoms with E-state index in [2.05, 4.69) is 0 Å². The van der Waals surface area contributed by atoms with Crippen LogP contribution in [0.25, 0.3) is 0 Å². The summed E-state index contributed by atoms with van der Waals surface area (Å²) in [5, 5.41) is 33.4. The lowest BCUT2D eigenvalue weighted by atomic mass is 9.43. The van der Waals surface area contributed by atoms with Gasteiger partial charge in [-0.3, -0.25) is 4.79 Å². The summed E-state index contributed by atoms with van der Waals surface area (Å²) in [6, 6.07) is 0. The molecule has 26 heavy (non-hydrogen) atoms. The van der Waals surface area contributed by atoms with Gasteiger partial charge in [0.2, 0.25) is 0 Å². The maximum atomic E-state index is 13.0. The van der Waals surface area contributed by atoms with Crippen molar-refractivity contribution in [3.05, 3.63) is 23.3 Å². The molecular formula is C20H26O6. The second kappa shape index (κ2) is 5.06. The van der Waals surface area contributed by atoms with Crippen LogP contribution in [0.2, 0.25) is 0 Å². The van der Waals surface area contributed by atoms with E-state index in [-0.39, 0.29) is 35.5 Å². The highest BCUT2D eigenvalue weighted by atomic mass is 16.6. The lowest BCUT2D eigenvalue weighted by Crippen LogP contribution is -2.73. The van der Waals surface area contributed by atoms with Crippen molar-refractivity contribution in [1.82, 2.24) is 0 Å². The highest BCUT2D eigenvalue weighted by molar-refractivity contribution is 5.97. The molecule has 6 nitrogen and oxygen atoms in total. The van der Waals surface area contributed by atoms with Crippen molar-refractivity contribution in [1.29, 1.82) is 0 Å². The number of rotatable bonds is 0. The molecule has 0 radical (unpaired) electrons. The van der Waals surface area contributed by atoms with Crippen LogP contribution in [0.3, 0.4) is 0 Å². The molecule has 7 unspecified atom stereocenters. The van der Waals surface area contributed by atoms with Crippen molar-refractivity contribution in [3.63, 3.8) is 0 Å². The van der Waals surface area contributed by atoms with Crippen molar-refractivity contribution >= 4 is 11.8 Å². The standard InChI is InChI=1S/C20H26O6/c1-9-15-10(26-17(9)24)7-12-19(4)11(18(2,3)6-5-13(19)21)8-14(22)20(12,25)16(15)23/h5-6,10-12,14,16,22-23,25H,7-8H2,1-4H3. The summed E-state index contributed by atoms with van der Waals surface area (Å²) in [6.07, 6.45) is 0.540. The Hall–Kier alpha value is -1.50. The second-order valence-electron chi connectivity index (χ2n) is 9.16. The van der Waals surface area contributed by atoms with Gasteiger partial charge < -0.3 is 20.1 Å². The first-order valence-electron chi connectivity index (χ1n) is 9.19. The maximum absolute atomic E-state index is 13.0. The van der Waals surface area contributed by atoms with E-state index in [1.165, 1.54) is 0 Å². The van der Waals surface area contributed by atoms with Crippen LogP contribution in [-0.4, -0.2) is 51.0 Å². The van der Waals surface area contributed by atoms with Gasteiger partial charge in [-0.1, -0.05) is 26.8 Å². The van der Waals surface area contributed by atoms with E-state index >= 15 is 0 Å². The normalized spacial score (nSPS) is 49.4. The minimum absolute atomic E-state index is 0.113. The van der Waals surface area contributed by atoms with Crippen molar-refractivity contribution in [3.8, 4) is 0 Å². The maximum Gasteiger partial charge on any atom is 0.334 e. The van der Waals surface area contributed by atoms with Crippen LogP contribution >= 0.6 is 0 Å². The van der Waals surface area contributed by atoms with Crippen LogP contribution in [0.4, 0.5) is 0 Å². The molecule has 0 spiro atoms. The molecule has 1 aliphatic heterocycles. The van der Waals surface area contributed by atoms with Crippen LogP contribution in [-0.2, 0) is 14.3 Å². The largest absolute Gasteiger partial charge is 0.454 e. The number of aliphatic hydroxyl groups excluding tert-OH is 2. The Balaban J connectivity index is 1.89. The highest BCUT2D eigenvalue weighted by Gasteiger charge is 2.70. The fourth-order valence-electron chi connectivity index (χ4n) is 6.08. The lowest BCUT2D eigenvalue weighted by molar-refractivity contribution is -0.254. The zero-order chi connectivity index (χ0) is 19.2. The molecule has 0 amide bonds. The molecule has 0 aromatic rings. The Morgan fingerprint density at radius 1 is 1.12 bits per heavy atom. The molecule has 6 heteroatoms. The Kier molecular flexibility index (Phi) is 3.48. The van der Waals surface area contributed by atoms with Crippen LogP contribution in [0.1, 0.15) is 40.5 Å². The van der Waals surface area contributed by atoms with Crippen LogP contribution < -0.4 is 0 Å². The molecule has 4 aliphatic rings. The topological polar surface area (TPSA) is 104 Å². The first-order valence-corrected chi connectivity index (χ1v) is 9.19. The quantitative estimate of drug-likeness (QED) is 0.553. The molecule has 0 bridgehead atoms. The summed E-state index contributed by atoms with van der Waals surface area (Å²) in [7, 11) is 0. The number of ketones is 1. The predicted octanol–water partition coefficient (Wildman–Crippen LogP) is 0.892. The molecule has 0 saturated heterocycles. The van der Waals surface area contributed by atoms with Gasteiger partial charge in [-0.05, 0) is 37.2 Å². The number of aliphatic hydroxyl groups is 3. The smallest absolute Gasteiger partial charge is 0.334 e. The van der Waals surface area contributed by atoms with Crippen molar-refractivity contribution in [2.75, 3.05) is 0 Å². The summed E-state index contributed by atoms with van der Waals surface area (Å²) < 4.78 is 5.39. The van der Waals surface area contributed by atoms with Gasteiger partial charge in [0.15, 0.2) is 5.78 Å². The lowest BCUT2D eigenvalue weighted by Gasteiger charge is -2.63. The van der Waals surface area contributed by atoms with E-state index < -0.39 is 41.2 Å². The molecule has 2 fully saturated rings. The molecule has 4 rings (SSSR count). The van der Waals surface area contributed by atoms with E-state index in [9.17, 15) is 24.9 Å².